The second-order valence-corrected chi connectivity index (χ2v) is 7.37. The van der Waals surface area contributed by atoms with Crippen molar-refractivity contribution in [2.45, 2.75) is 44.2 Å². The van der Waals surface area contributed by atoms with E-state index in [0.717, 1.165) is 25.0 Å². The number of hydrogen-bond acceptors (Lipinski definition) is 5. The average molecular weight is 452 g/mol. The van der Waals surface area contributed by atoms with Crippen LogP contribution in [0.5, 0.6) is 11.5 Å². The van der Waals surface area contributed by atoms with E-state index >= 15 is 0 Å². The predicted molar refractivity (Wildman–Crippen MR) is 110 cm³/mol. The molecule has 3 N–H and O–H groups in total. The molecule has 0 radical (unpaired) electrons. The van der Waals surface area contributed by atoms with Gasteiger partial charge in [-0.15, -0.1) is 13.2 Å². The molecule has 0 bridgehead atoms. The number of carbonyl (C=O) groups is 2. The van der Waals surface area contributed by atoms with Gasteiger partial charge in [0, 0.05) is 17.3 Å². The third kappa shape index (κ3) is 7.16. The number of urea groups is 1. The maximum absolute atomic E-state index is 12.2. The van der Waals surface area contributed by atoms with Crippen molar-refractivity contribution in [3.05, 3.63) is 54.1 Å². The van der Waals surface area contributed by atoms with Crippen molar-refractivity contribution < 1.29 is 37.3 Å². The highest BCUT2D eigenvalue weighted by Gasteiger charge is 2.31. The van der Waals surface area contributed by atoms with Crippen molar-refractivity contribution in [2.75, 3.05) is 11.9 Å². The van der Waals surface area contributed by atoms with E-state index in [1.165, 1.54) is 12.1 Å². The minimum atomic E-state index is -4.77. The van der Waals surface area contributed by atoms with Crippen LogP contribution in [0.15, 0.2) is 48.5 Å². The Hall–Kier alpha value is -3.27. The van der Waals surface area contributed by atoms with Crippen LogP contribution in [0, 0.1) is 0 Å². The third-order valence-corrected chi connectivity index (χ3v) is 4.98. The van der Waals surface area contributed by atoms with E-state index in [2.05, 4.69) is 15.4 Å². The van der Waals surface area contributed by atoms with Crippen LogP contribution in [-0.2, 0) is 0 Å². The van der Waals surface area contributed by atoms with Crippen molar-refractivity contribution in [1.82, 2.24) is 5.32 Å². The summed E-state index contributed by atoms with van der Waals surface area (Å²) in [5.41, 5.74) is 0.762. The number of anilines is 1. The summed E-state index contributed by atoms with van der Waals surface area (Å²) < 4.78 is 46.3. The molecule has 0 aromatic heterocycles. The smallest absolute Gasteiger partial charge is 0.490 e. The predicted octanol–water partition coefficient (Wildman–Crippen LogP) is 4.27. The summed E-state index contributed by atoms with van der Waals surface area (Å²) in [5.74, 6) is -0.0880. The van der Waals surface area contributed by atoms with E-state index < -0.39 is 19.0 Å². The summed E-state index contributed by atoms with van der Waals surface area (Å²) in [6.07, 6.45) is -1.92. The number of Topliss-reactive ketones (excluding diaryl/α,β-unsaturated/α-hetero) is 1. The molecule has 0 spiro atoms. The maximum atomic E-state index is 12.2. The number of nitrogens with one attached hydrogen (secondary N) is 2. The number of amides is 2. The van der Waals surface area contributed by atoms with E-state index in [0.29, 0.717) is 29.8 Å². The number of halogens is 3. The summed E-state index contributed by atoms with van der Waals surface area (Å²) >= 11 is 0. The lowest BCUT2D eigenvalue weighted by Crippen LogP contribution is -2.41. The average Bonchev–Trinajstić information content (AvgIpc) is 2.75. The standard InChI is InChI=1S/C22H23F3N2O5/c23-22(24,25)32-19-11-5-16(6-12-19)27-21(30)26-15-3-9-18(10-4-15)31-17-7-1-14(2-8-17)20(29)13-28/h1-2,5-8,11-12,15,18,28H,3-4,9-10,13H2,(H2,26,27,30). The number of ketones is 1. The van der Waals surface area contributed by atoms with Gasteiger partial charge in [-0.2, -0.15) is 0 Å². The Balaban J connectivity index is 1.40. The van der Waals surface area contributed by atoms with E-state index in [-0.39, 0.29) is 23.7 Å². The summed E-state index contributed by atoms with van der Waals surface area (Å²) in [6, 6.07) is 11.0. The first-order valence-corrected chi connectivity index (χ1v) is 10.1. The minimum Gasteiger partial charge on any atom is -0.490 e. The molecule has 32 heavy (non-hydrogen) atoms. The number of alkyl halides is 3. The fourth-order valence-electron chi connectivity index (χ4n) is 3.42. The summed E-state index contributed by atoms with van der Waals surface area (Å²) in [4.78, 5) is 23.6. The minimum absolute atomic E-state index is 0.0170. The molecule has 3 rings (SSSR count). The molecule has 1 fully saturated rings. The van der Waals surface area contributed by atoms with Gasteiger partial charge < -0.3 is 25.2 Å². The van der Waals surface area contributed by atoms with Crippen molar-refractivity contribution in [2.24, 2.45) is 0 Å². The van der Waals surface area contributed by atoms with Gasteiger partial charge in [-0.3, -0.25) is 4.79 Å². The third-order valence-electron chi connectivity index (χ3n) is 4.98. The molecule has 2 aromatic carbocycles. The highest BCUT2D eigenvalue weighted by Crippen LogP contribution is 2.25. The van der Waals surface area contributed by atoms with Gasteiger partial charge in [-0.25, -0.2) is 4.79 Å². The van der Waals surface area contributed by atoms with E-state index in [9.17, 15) is 22.8 Å². The second-order valence-electron chi connectivity index (χ2n) is 7.37. The van der Waals surface area contributed by atoms with Crippen LogP contribution in [-0.4, -0.2) is 42.0 Å². The lowest BCUT2D eigenvalue weighted by molar-refractivity contribution is -0.274. The monoisotopic (exact) mass is 452 g/mol. The molecule has 1 aliphatic rings. The molecular formula is C22H23F3N2O5. The maximum Gasteiger partial charge on any atom is 0.573 e. The molecule has 0 unspecified atom stereocenters. The fourth-order valence-corrected chi connectivity index (χ4v) is 3.42. The second kappa shape index (κ2) is 10.4. The van der Waals surface area contributed by atoms with Crippen molar-refractivity contribution in [3.8, 4) is 11.5 Å². The SMILES string of the molecule is O=C(Nc1ccc(OC(F)(F)F)cc1)NC1CCC(Oc2ccc(C(=O)CO)cc2)CC1. The van der Waals surface area contributed by atoms with Crippen LogP contribution < -0.4 is 20.1 Å². The number of carbonyl (C=O) groups excluding carboxylic acids is 2. The number of aliphatic hydroxyl groups is 1. The number of rotatable bonds is 7. The van der Waals surface area contributed by atoms with E-state index in [1.54, 1.807) is 24.3 Å². The van der Waals surface area contributed by atoms with Crippen molar-refractivity contribution in [1.29, 1.82) is 0 Å². The van der Waals surface area contributed by atoms with Gasteiger partial charge in [0.25, 0.3) is 0 Å². The lowest BCUT2D eigenvalue weighted by atomic mass is 9.93. The molecule has 10 heteroatoms. The molecule has 2 amide bonds. The molecule has 7 nitrogen and oxygen atoms in total. The topological polar surface area (TPSA) is 96.9 Å². The summed E-state index contributed by atoms with van der Waals surface area (Å²) in [6.45, 7) is -0.539. The van der Waals surface area contributed by atoms with Crippen LogP contribution in [0.2, 0.25) is 0 Å². The molecular weight excluding hydrogens is 429 g/mol. The first-order valence-electron chi connectivity index (χ1n) is 10.1. The molecule has 0 atom stereocenters. The molecule has 1 saturated carbocycles. The number of ether oxygens (including phenoxy) is 2. The van der Waals surface area contributed by atoms with Gasteiger partial charge in [-0.1, -0.05) is 0 Å². The Morgan fingerprint density at radius 2 is 1.53 bits per heavy atom. The van der Waals surface area contributed by atoms with Gasteiger partial charge in [0.1, 0.15) is 18.1 Å². The van der Waals surface area contributed by atoms with Gasteiger partial charge in [0.2, 0.25) is 0 Å². The van der Waals surface area contributed by atoms with Crippen LogP contribution in [0.25, 0.3) is 0 Å². The molecule has 0 aliphatic heterocycles. The Morgan fingerprint density at radius 1 is 0.938 bits per heavy atom. The Kier molecular flexibility index (Phi) is 7.57. The summed E-state index contributed by atoms with van der Waals surface area (Å²) in [5, 5.41) is 14.3. The van der Waals surface area contributed by atoms with E-state index in [1.807, 2.05) is 0 Å². The molecule has 2 aromatic rings. The number of hydrogen-bond donors (Lipinski definition) is 3. The Labute approximate surface area is 182 Å². The highest BCUT2D eigenvalue weighted by molar-refractivity contribution is 5.96. The first-order chi connectivity index (χ1) is 15.2. The van der Waals surface area contributed by atoms with Gasteiger partial charge >= 0.3 is 12.4 Å². The zero-order valence-corrected chi connectivity index (χ0v) is 17.0. The van der Waals surface area contributed by atoms with Crippen LogP contribution in [0.1, 0.15) is 36.0 Å². The lowest BCUT2D eigenvalue weighted by Gasteiger charge is -2.29. The molecule has 0 heterocycles. The van der Waals surface area contributed by atoms with E-state index in [4.69, 9.17) is 9.84 Å². The fraction of sp³-hybridized carbons (Fsp3) is 0.364. The van der Waals surface area contributed by atoms with Gasteiger partial charge in [0.15, 0.2) is 5.78 Å². The van der Waals surface area contributed by atoms with Crippen molar-refractivity contribution in [3.63, 3.8) is 0 Å². The van der Waals surface area contributed by atoms with Crippen LogP contribution in [0.4, 0.5) is 23.7 Å². The van der Waals surface area contributed by atoms with Crippen molar-refractivity contribution >= 4 is 17.5 Å². The van der Waals surface area contributed by atoms with Gasteiger partial charge in [-0.05, 0) is 74.2 Å². The zero-order chi connectivity index (χ0) is 23.1. The quantitative estimate of drug-likeness (QED) is 0.545. The molecule has 0 saturated heterocycles. The number of benzene rings is 2. The summed E-state index contributed by atoms with van der Waals surface area (Å²) in [7, 11) is 0. The zero-order valence-electron chi connectivity index (χ0n) is 17.0. The Morgan fingerprint density at radius 3 is 2.09 bits per heavy atom. The van der Waals surface area contributed by atoms with Gasteiger partial charge in [0.05, 0.1) is 6.10 Å². The van der Waals surface area contributed by atoms with Crippen LogP contribution >= 0.6 is 0 Å². The molecule has 172 valence electrons. The first kappa shape index (κ1) is 23.4. The van der Waals surface area contributed by atoms with Crippen LogP contribution in [0.3, 0.4) is 0 Å². The highest BCUT2D eigenvalue weighted by atomic mass is 19.4. The number of aliphatic hydroxyl groups excluding tert-OH is 1. The largest absolute Gasteiger partial charge is 0.573 e. The normalized spacial score (nSPS) is 18.5. The Bertz CT molecular complexity index is 909. The molecule has 1 aliphatic carbocycles.